The van der Waals surface area contributed by atoms with Crippen LogP contribution in [-0.2, 0) is 9.59 Å². The van der Waals surface area contributed by atoms with Gasteiger partial charge in [-0.05, 0) is 48.1 Å². The van der Waals surface area contributed by atoms with E-state index >= 15 is 0 Å². The second kappa shape index (κ2) is 8.54. The maximum atomic E-state index is 12.9. The predicted octanol–water partition coefficient (Wildman–Crippen LogP) is 3.28. The average Bonchev–Trinajstić information content (AvgIpc) is 2.68. The van der Waals surface area contributed by atoms with Gasteiger partial charge < -0.3 is 15.3 Å². The number of hydrogen-bond acceptors (Lipinski definition) is 3. The van der Waals surface area contributed by atoms with Gasteiger partial charge in [0, 0.05) is 20.0 Å². The zero-order chi connectivity index (χ0) is 19.2. The number of likely N-dealkylation sites (tertiary alicyclic amines) is 1. The van der Waals surface area contributed by atoms with E-state index in [1.54, 1.807) is 23.1 Å². The fraction of sp³-hybridized carbons (Fsp3) is 0.273. The van der Waals surface area contributed by atoms with E-state index in [-0.39, 0.29) is 17.6 Å². The number of aromatic hydroxyl groups is 1. The van der Waals surface area contributed by atoms with E-state index in [0.29, 0.717) is 24.7 Å². The Labute approximate surface area is 159 Å². The highest BCUT2D eigenvalue weighted by Gasteiger charge is 2.26. The van der Waals surface area contributed by atoms with Crippen molar-refractivity contribution in [2.45, 2.75) is 25.7 Å². The average molecular weight is 364 g/mol. The summed E-state index contributed by atoms with van der Waals surface area (Å²) in [5, 5.41) is 12.1. The summed E-state index contributed by atoms with van der Waals surface area (Å²) in [6.45, 7) is 2.68. The fourth-order valence-corrected chi connectivity index (χ4v) is 3.39. The fourth-order valence-electron chi connectivity index (χ4n) is 3.39. The highest BCUT2D eigenvalue weighted by molar-refractivity contribution is 6.01. The van der Waals surface area contributed by atoms with Gasteiger partial charge in [0.1, 0.15) is 11.4 Å². The molecule has 2 amide bonds. The first-order valence-electron chi connectivity index (χ1n) is 9.15. The summed E-state index contributed by atoms with van der Waals surface area (Å²) in [5.74, 6) is 0.219. The molecule has 0 radical (unpaired) electrons. The zero-order valence-corrected chi connectivity index (χ0v) is 15.4. The monoisotopic (exact) mass is 364 g/mol. The molecule has 3 rings (SSSR count). The maximum Gasteiger partial charge on any atom is 0.270 e. The van der Waals surface area contributed by atoms with Crippen LogP contribution in [0.4, 0.5) is 0 Å². The molecule has 1 heterocycles. The second-order valence-electron chi connectivity index (χ2n) is 6.81. The highest BCUT2D eigenvalue weighted by atomic mass is 16.3. The summed E-state index contributed by atoms with van der Waals surface area (Å²) in [7, 11) is 0. The molecular formula is C22H24N2O3. The topological polar surface area (TPSA) is 69.6 Å². The van der Waals surface area contributed by atoms with Gasteiger partial charge in [-0.3, -0.25) is 9.59 Å². The summed E-state index contributed by atoms with van der Waals surface area (Å²) in [4.78, 5) is 26.3. The number of piperidine rings is 1. The van der Waals surface area contributed by atoms with Crippen LogP contribution in [0, 0.1) is 0 Å². The number of carbonyl (C=O) groups excluding carboxylic acids is 2. The van der Waals surface area contributed by atoms with E-state index in [2.05, 4.69) is 5.32 Å². The summed E-state index contributed by atoms with van der Waals surface area (Å²) in [5.41, 5.74) is 2.35. The van der Waals surface area contributed by atoms with Gasteiger partial charge in [-0.2, -0.15) is 0 Å². The molecule has 0 saturated carbocycles. The zero-order valence-electron chi connectivity index (χ0n) is 15.4. The Hall–Kier alpha value is -3.08. The standard InChI is InChI=1S/C22H24N2O3/c1-16(25)23-21(15-17-5-3-2-4-6-17)22(27)24-13-11-19(12-14-24)18-7-9-20(26)10-8-18/h2-10,15,19,26H,11-14H2,1H3,(H,23,25)/b21-15-. The molecule has 2 aromatic carbocycles. The molecule has 0 atom stereocenters. The minimum absolute atomic E-state index is 0.154. The van der Waals surface area contributed by atoms with Gasteiger partial charge in [0.15, 0.2) is 0 Å². The van der Waals surface area contributed by atoms with E-state index in [4.69, 9.17) is 0 Å². The van der Waals surface area contributed by atoms with Crippen LogP contribution in [0.15, 0.2) is 60.3 Å². The number of amides is 2. The van der Waals surface area contributed by atoms with Crippen molar-refractivity contribution in [1.82, 2.24) is 10.2 Å². The molecule has 0 bridgehead atoms. The van der Waals surface area contributed by atoms with E-state index in [1.165, 1.54) is 12.5 Å². The lowest BCUT2D eigenvalue weighted by Gasteiger charge is -2.32. The van der Waals surface area contributed by atoms with Gasteiger partial charge in [0.25, 0.3) is 5.91 Å². The molecular weight excluding hydrogens is 340 g/mol. The van der Waals surface area contributed by atoms with Crippen molar-refractivity contribution in [2.24, 2.45) is 0 Å². The molecule has 1 aliphatic heterocycles. The minimum atomic E-state index is -0.260. The summed E-state index contributed by atoms with van der Waals surface area (Å²) in [6, 6.07) is 16.8. The first-order valence-corrected chi connectivity index (χ1v) is 9.15. The minimum Gasteiger partial charge on any atom is -0.508 e. The van der Waals surface area contributed by atoms with Crippen molar-refractivity contribution in [1.29, 1.82) is 0 Å². The van der Waals surface area contributed by atoms with Crippen molar-refractivity contribution in [3.05, 3.63) is 71.4 Å². The number of benzene rings is 2. The van der Waals surface area contributed by atoms with Crippen molar-refractivity contribution in [2.75, 3.05) is 13.1 Å². The molecule has 1 saturated heterocycles. The van der Waals surface area contributed by atoms with Gasteiger partial charge in [-0.25, -0.2) is 0 Å². The molecule has 2 aromatic rings. The van der Waals surface area contributed by atoms with Crippen LogP contribution in [0.1, 0.15) is 36.8 Å². The van der Waals surface area contributed by atoms with Gasteiger partial charge in [-0.1, -0.05) is 42.5 Å². The quantitative estimate of drug-likeness (QED) is 0.818. The Morgan fingerprint density at radius 3 is 2.26 bits per heavy atom. The van der Waals surface area contributed by atoms with Crippen LogP contribution < -0.4 is 5.32 Å². The first kappa shape index (κ1) is 18.7. The third kappa shape index (κ3) is 4.97. The molecule has 0 unspecified atom stereocenters. The highest BCUT2D eigenvalue weighted by Crippen LogP contribution is 2.29. The Bertz CT molecular complexity index is 820. The van der Waals surface area contributed by atoms with E-state index < -0.39 is 0 Å². The smallest absolute Gasteiger partial charge is 0.270 e. The Kier molecular flexibility index (Phi) is 5.91. The van der Waals surface area contributed by atoms with E-state index in [1.807, 2.05) is 42.5 Å². The molecule has 140 valence electrons. The first-order chi connectivity index (χ1) is 13.0. The third-order valence-electron chi connectivity index (χ3n) is 4.80. The van der Waals surface area contributed by atoms with Crippen molar-refractivity contribution in [3.63, 3.8) is 0 Å². The van der Waals surface area contributed by atoms with Crippen LogP contribution in [0.25, 0.3) is 6.08 Å². The number of phenols is 1. The van der Waals surface area contributed by atoms with Crippen LogP contribution in [0.3, 0.4) is 0 Å². The third-order valence-corrected chi connectivity index (χ3v) is 4.80. The molecule has 5 heteroatoms. The van der Waals surface area contributed by atoms with Crippen molar-refractivity contribution >= 4 is 17.9 Å². The van der Waals surface area contributed by atoms with Gasteiger partial charge in [-0.15, -0.1) is 0 Å². The lowest BCUT2D eigenvalue weighted by atomic mass is 9.89. The molecule has 0 aromatic heterocycles. The largest absolute Gasteiger partial charge is 0.508 e. The molecule has 27 heavy (non-hydrogen) atoms. The SMILES string of the molecule is CC(=O)N/C(=C\c1ccccc1)C(=O)N1CCC(c2ccc(O)cc2)CC1. The molecule has 1 aliphatic rings. The van der Waals surface area contributed by atoms with Crippen LogP contribution in [0.2, 0.25) is 0 Å². The summed E-state index contributed by atoms with van der Waals surface area (Å²) >= 11 is 0. The molecule has 2 N–H and O–H groups in total. The summed E-state index contributed by atoms with van der Waals surface area (Å²) < 4.78 is 0. The number of carbonyl (C=O) groups is 2. The van der Waals surface area contributed by atoms with E-state index in [9.17, 15) is 14.7 Å². The normalized spacial score (nSPS) is 15.4. The van der Waals surface area contributed by atoms with Gasteiger partial charge in [0.2, 0.25) is 5.91 Å². The number of nitrogens with one attached hydrogen (secondary N) is 1. The molecule has 0 spiro atoms. The molecule has 0 aliphatic carbocycles. The van der Waals surface area contributed by atoms with Crippen LogP contribution in [0.5, 0.6) is 5.75 Å². The van der Waals surface area contributed by atoms with Gasteiger partial charge >= 0.3 is 0 Å². The van der Waals surface area contributed by atoms with Crippen LogP contribution >= 0.6 is 0 Å². The molecule has 1 fully saturated rings. The number of nitrogens with zero attached hydrogens (tertiary/aromatic N) is 1. The Morgan fingerprint density at radius 2 is 1.67 bits per heavy atom. The second-order valence-corrected chi connectivity index (χ2v) is 6.81. The van der Waals surface area contributed by atoms with Crippen LogP contribution in [-0.4, -0.2) is 34.9 Å². The molecule has 5 nitrogen and oxygen atoms in total. The van der Waals surface area contributed by atoms with E-state index in [0.717, 1.165) is 18.4 Å². The number of rotatable bonds is 4. The number of phenolic OH excluding ortho intramolecular Hbond substituents is 1. The maximum absolute atomic E-state index is 12.9. The van der Waals surface area contributed by atoms with Gasteiger partial charge in [0.05, 0.1) is 0 Å². The summed E-state index contributed by atoms with van der Waals surface area (Å²) in [6.07, 6.45) is 3.43. The van der Waals surface area contributed by atoms with Crippen molar-refractivity contribution < 1.29 is 14.7 Å². The lowest BCUT2D eigenvalue weighted by Crippen LogP contribution is -2.42. The Morgan fingerprint density at radius 1 is 1.04 bits per heavy atom. The predicted molar refractivity (Wildman–Crippen MR) is 105 cm³/mol. The lowest BCUT2D eigenvalue weighted by molar-refractivity contribution is -0.130. The number of hydrogen-bond donors (Lipinski definition) is 2. The van der Waals surface area contributed by atoms with Crippen molar-refractivity contribution in [3.8, 4) is 5.75 Å². The Balaban J connectivity index is 1.69.